The number of carboxylic acid groups (broad SMARTS) is 1. The van der Waals surface area contributed by atoms with Crippen molar-refractivity contribution in [3.8, 4) is 0 Å². The van der Waals surface area contributed by atoms with Gasteiger partial charge < -0.3 is 26.8 Å². The number of likely N-dealkylation sites (tertiary alicyclic amines) is 1. The van der Waals surface area contributed by atoms with Crippen LogP contribution in [0.1, 0.15) is 26.2 Å². The monoisotopic (exact) mass is 300 g/mol. The maximum atomic E-state index is 12.0. The lowest BCUT2D eigenvalue weighted by molar-refractivity contribution is -0.139. The molecule has 0 saturated carbocycles. The van der Waals surface area contributed by atoms with Crippen molar-refractivity contribution in [1.29, 1.82) is 0 Å². The maximum Gasteiger partial charge on any atom is 0.326 e. The second-order valence-electron chi connectivity index (χ2n) is 5.44. The number of amides is 4. The highest BCUT2D eigenvalue weighted by Gasteiger charge is 2.41. The SMILES string of the molecule is CC1(C(N)=O)CCN(C(=O)N[C@@H](CCC(N)=O)C(=O)O)C1. The van der Waals surface area contributed by atoms with E-state index in [4.69, 9.17) is 16.6 Å². The van der Waals surface area contributed by atoms with Crippen LogP contribution in [-0.2, 0) is 14.4 Å². The van der Waals surface area contributed by atoms with Crippen LogP contribution >= 0.6 is 0 Å². The summed E-state index contributed by atoms with van der Waals surface area (Å²) in [5.41, 5.74) is 9.44. The molecule has 0 radical (unpaired) electrons. The number of primary amides is 2. The van der Waals surface area contributed by atoms with Crippen LogP contribution in [0.2, 0.25) is 0 Å². The maximum absolute atomic E-state index is 12.0. The van der Waals surface area contributed by atoms with Gasteiger partial charge in [-0.3, -0.25) is 9.59 Å². The van der Waals surface area contributed by atoms with Gasteiger partial charge in [-0.2, -0.15) is 0 Å². The first-order valence-electron chi connectivity index (χ1n) is 6.52. The molecule has 1 aliphatic rings. The number of carboxylic acids is 1. The third-order valence-electron chi connectivity index (χ3n) is 3.63. The van der Waals surface area contributed by atoms with E-state index in [0.29, 0.717) is 13.0 Å². The van der Waals surface area contributed by atoms with Crippen molar-refractivity contribution in [2.75, 3.05) is 13.1 Å². The highest BCUT2D eigenvalue weighted by Crippen LogP contribution is 2.29. The summed E-state index contributed by atoms with van der Waals surface area (Å²) < 4.78 is 0. The zero-order valence-corrected chi connectivity index (χ0v) is 11.8. The number of urea groups is 1. The second-order valence-corrected chi connectivity index (χ2v) is 5.44. The first-order valence-corrected chi connectivity index (χ1v) is 6.52. The molecule has 9 nitrogen and oxygen atoms in total. The minimum absolute atomic E-state index is 0.0860. The second kappa shape index (κ2) is 6.42. The molecule has 1 rings (SSSR count). The van der Waals surface area contributed by atoms with Crippen LogP contribution in [0, 0.1) is 5.41 Å². The van der Waals surface area contributed by atoms with Crippen LogP contribution in [-0.4, -0.2) is 53.0 Å². The van der Waals surface area contributed by atoms with E-state index >= 15 is 0 Å². The third kappa shape index (κ3) is 4.33. The number of hydrogen-bond acceptors (Lipinski definition) is 4. The van der Waals surface area contributed by atoms with Gasteiger partial charge in [-0.15, -0.1) is 0 Å². The smallest absolute Gasteiger partial charge is 0.326 e. The van der Waals surface area contributed by atoms with Gasteiger partial charge in [0.25, 0.3) is 0 Å². The van der Waals surface area contributed by atoms with E-state index in [9.17, 15) is 19.2 Å². The quantitative estimate of drug-likeness (QED) is 0.475. The molecular formula is C12H20N4O5. The normalized spacial score (nSPS) is 22.6. The summed E-state index contributed by atoms with van der Waals surface area (Å²) in [6.07, 6.45) is 0.197. The summed E-state index contributed by atoms with van der Waals surface area (Å²) in [4.78, 5) is 46.4. The Morgan fingerprint density at radius 3 is 2.38 bits per heavy atom. The lowest BCUT2D eigenvalue weighted by Gasteiger charge is -2.23. The lowest BCUT2D eigenvalue weighted by atomic mass is 9.89. The van der Waals surface area contributed by atoms with Gasteiger partial charge in [0.05, 0.1) is 5.41 Å². The van der Waals surface area contributed by atoms with E-state index in [2.05, 4.69) is 5.32 Å². The van der Waals surface area contributed by atoms with E-state index in [0.717, 1.165) is 0 Å². The zero-order chi connectivity index (χ0) is 16.2. The van der Waals surface area contributed by atoms with Crippen molar-refractivity contribution in [2.24, 2.45) is 16.9 Å². The molecule has 21 heavy (non-hydrogen) atoms. The summed E-state index contributed by atoms with van der Waals surface area (Å²) in [5.74, 6) is -2.39. The Balaban J connectivity index is 2.61. The molecule has 9 heteroatoms. The fourth-order valence-corrected chi connectivity index (χ4v) is 2.12. The van der Waals surface area contributed by atoms with Crippen LogP contribution in [0.25, 0.3) is 0 Å². The topological polar surface area (TPSA) is 156 Å². The minimum Gasteiger partial charge on any atom is -0.480 e. The average molecular weight is 300 g/mol. The van der Waals surface area contributed by atoms with Crippen LogP contribution in [0.5, 0.6) is 0 Å². The Bertz CT molecular complexity index is 467. The van der Waals surface area contributed by atoms with Crippen molar-refractivity contribution in [2.45, 2.75) is 32.2 Å². The molecule has 1 aliphatic heterocycles. The number of carbonyl (C=O) groups excluding carboxylic acids is 3. The Labute approximate surface area is 121 Å². The Morgan fingerprint density at radius 1 is 1.33 bits per heavy atom. The number of rotatable bonds is 6. The van der Waals surface area contributed by atoms with Crippen molar-refractivity contribution in [3.63, 3.8) is 0 Å². The lowest BCUT2D eigenvalue weighted by Crippen LogP contribution is -2.48. The predicted octanol–water partition coefficient (Wildman–Crippen LogP) is -1.39. The number of nitrogens with two attached hydrogens (primary N) is 2. The standard InChI is InChI=1S/C12H20N4O5/c1-12(10(14)20)4-5-16(6-12)11(21)15-7(9(18)19)2-3-8(13)17/h7H,2-6H2,1H3,(H2,13,17)(H2,14,20)(H,15,21)(H,18,19)/t7-,12?/m0/s1. The molecule has 1 unspecified atom stereocenters. The van der Waals surface area contributed by atoms with Crippen molar-refractivity contribution >= 4 is 23.8 Å². The molecule has 1 fully saturated rings. The van der Waals surface area contributed by atoms with Gasteiger partial charge in [-0.05, 0) is 19.8 Å². The van der Waals surface area contributed by atoms with Crippen LogP contribution in [0.3, 0.4) is 0 Å². The highest BCUT2D eigenvalue weighted by molar-refractivity contribution is 5.85. The van der Waals surface area contributed by atoms with Gasteiger partial charge in [0.1, 0.15) is 6.04 Å². The minimum atomic E-state index is -1.25. The number of nitrogens with zero attached hydrogens (tertiary/aromatic N) is 1. The number of aliphatic carboxylic acids is 1. The van der Waals surface area contributed by atoms with E-state index in [1.807, 2.05) is 0 Å². The summed E-state index contributed by atoms with van der Waals surface area (Å²) in [6, 6.07) is -1.80. The highest BCUT2D eigenvalue weighted by atomic mass is 16.4. The van der Waals surface area contributed by atoms with E-state index in [1.165, 1.54) is 4.90 Å². The van der Waals surface area contributed by atoms with Crippen molar-refractivity contribution in [1.82, 2.24) is 10.2 Å². The van der Waals surface area contributed by atoms with Gasteiger partial charge in [-0.25, -0.2) is 9.59 Å². The Hall–Kier alpha value is -2.32. The molecule has 0 aromatic rings. The molecule has 0 spiro atoms. The number of carbonyl (C=O) groups is 4. The van der Waals surface area contributed by atoms with E-state index in [1.54, 1.807) is 6.92 Å². The Morgan fingerprint density at radius 2 is 1.95 bits per heavy atom. The molecule has 4 amide bonds. The summed E-state index contributed by atoms with van der Waals surface area (Å²) in [6.45, 7) is 2.11. The summed E-state index contributed by atoms with van der Waals surface area (Å²) in [7, 11) is 0. The molecule has 118 valence electrons. The first-order chi connectivity index (χ1) is 9.65. The van der Waals surface area contributed by atoms with Gasteiger partial charge in [-0.1, -0.05) is 0 Å². The average Bonchev–Trinajstić information content (AvgIpc) is 2.78. The van der Waals surface area contributed by atoms with Gasteiger partial charge in [0.15, 0.2) is 0 Å². The van der Waals surface area contributed by atoms with Crippen LogP contribution in [0.4, 0.5) is 4.79 Å². The molecular weight excluding hydrogens is 280 g/mol. The third-order valence-corrected chi connectivity index (χ3v) is 3.63. The molecule has 0 bridgehead atoms. The largest absolute Gasteiger partial charge is 0.480 e. The zero-order valence-electron chi connectivity index (χ0n) is 11.8. The molecule has 0 aromatic carbocycles. The molecule has 0 aromatic heterocycles. The van der Waals surface area contributed by atoms with Gasteiger partial charge in [0, 0.05) is 19.5 Å². The summed E-state index contributed by atoms with van der Waals surface area (Å²) >= 11 is 0. The van der Waals surface area contributed by atoms with Crippen molar-refractivity contribution < 1.29 is 24.3 Å². The van der Waals surface area contributed by atoms with Crippen molar-refractivity contribution in [3.05, 3.63) is 0 Å². The van der Waals surface area contributed by atoms with Crippen LogP contribution < -0.4 is 16.8 Å². The molecule has 1 saturated heterocycles. The number of nitrogens with one attached hydrogen (secondary N) is 1. The molecule has 6 N–H and O–H groups in total. The fourth-order valence-electron chi connectivity index (χ4n) is 2.12. The fraction of sp³-hybridized carbons (Fsp3) is 0.667. The molecule has 1 heterocycles. The van der Waals surface area contributed by atoms with E-state index < -0.39 is 35.3 Å². The van der Waals surface area contributed by atoms with E-state index in [-0.39, 0.29) is 19.4 Å². The Kier molecular flexibility index (Phi) is 5.12. The van der Waals surface area contributed by atoms with Gasteiger partial charge >= 0.3 is 12.0 Å². The van der Waals surface area contributed by atoms with Crippen LogP contribution in [0.15, 0.2) is 0 Å². The molecule has 2 atom stereocenters. The van der Waals surface area contributed by atoms with Gasteiger partial charge in [0.2, 0.25) is 11.8 Å². The predicted molar refractivity (Wildman–Crippen MR) is 71.9 cm³/mol. The molecule has 0 aliphatic carbocycles. The summed E-state index contributed by atoms with van der Waals surface area (Å²) in [5, 5.41) is 11.3. The first kappa shape index (κ1) is 16.7. The number of hydrogen-bond donors (Lipinski definition) is 4.